The second-order valence-corrected chi connectivity index (χ2v) is 5.22. The SMILES string of the molecule is Nc1nc2cc(Cl)c(Cl)cc2n1CC1COCCO1. The number of halogens is 2. The number of aromatic nitrogens is 2. The van der Waals surface area contributed by atoms with Gasteiger partial charge in [-0.3, -0.25) is 0 Å². The quantitative estimate of drug-likeness (QED) is 0.925. The van der Waals surface area contributed by atoms with Crippen LogP contribution in [0.25, 0.3) is 11.0 Å². The summed E-state index contributed by atoms with van der Waals surface area (Å²) in [6, 6.07) is 3.48. The topological polar surface area (TPSA) is 62.3 Å². The number of nitrogens with zero attached hydrogens (tertiary/aromatic N) is 2. The molecular formula is C12H13Cl2N3O2. The van der Waals surface area contributed by atoms with Crippen LogP contribution < -0.4 is 5.73 Å². The number of imidazole rings is 1. The summed E-state index contributed by atoms with van der Waals surface area (Å²) in [4.78, 5) is 4.28. The van der Waals surface area contributed by atoms with Crippen LogP contribution in [0, 0.1) is 0 Å². The third-order valence-electron chi connectivity index (χ3n) is 3.09. The lowest BCUT2D eigenvalue weighted by atomic mass is 10.3. The van der Waals surface area contributed by atoms with Crippen molar-refractivity contribution in [1.82, 2.24) is 9.55 Å². The van der Waals surface area contributed by atoms with Gasteiger partial charge in [-0.25, -0.2) is 4.98 Å². The Morgan fingerprint density at radius 1 is 1.32 bits per heavy atom. The summed E-state index contributed by atoms with van der Waals surface area (Å²) >= 11 is 12.0. The summed E-state index contributed by atoms with van der Waals surface area (Å²) in [5.74, 6) is 0.419. The van der Waals surface area contributed by atoms with Crippen molar-refractivity contribution in [2.75, 3.05) is 25.6 Å². The van der Waals surface area contributed by atoms with Gasteiger partial charge in [0.25, 0.3) is 0 Å². The predicted molar refractivity (Wildman–Crippen MR) is 74.7 cm³/mol. The van der Waals surface area contributed by atoms with Gasteiger partial charge < -0.3 is 19.8 Å². The molecule has 1 fully saturated rings. The molecule has 1 unspecified atom stereocenters. The Bertz CT molecular complexity index is 609. The van der Waals surface area contributed by atoms with Crippen molar-refractivity contribution in [2.45, 2.75) is 12.6 Å². The van der Waals surface area contributed by atoms with Gasteiger partial charge in [-0.1, -0.05) is 23.2 Å². The molecule has 2 aromatic rings. The largest absolute Gasteiger partial charge is 0.376 e. The summed E-state index contributed by atoms with van der Waals surface area (Å²) in [5, 5.41) is 0.951. The van der Waals surface area contributed by atoms with Gasteiger partial charge in [0.15, 0.2) is 0 Å². The Hall–Kier alpha value is -1.01. The molecule has 0 aliphatic carbocycles. The molecular weight excluding hydrogens is 289 g/mol. The van der Waals surface area contributed by atoms with Crippen molar-refractivity contribution in [3.8, 4) is 0 Å². The van der Waals surface area contributed by atoms with Crippen LogP contribution in [0.3, 0.4) is 0 Å². The minimum Gasteiger partial charge on any atom is -0.376 e. The number of anilines is 1. The number of hydrogen-bond acceptors (Lipinski definition) is 4. The van der Waals surface area contributed by atoms with Crippen LogP contribution in [0.15, 0.2) is 12.1 Å². The third-order valence-corrected chi connectivity index (χ3v) is 3.81. The molecule has 0 spiro atoms. The zero-order valence-electron chi connectivity index (χ0n) is 10.1. The number of fused-ring (bicyclic) bond motifs is 1. The highest BCUT2D eigenvalue weighted by atomic mass is 35.5. The van der Waals surface area contributed by atoms with Crippen LogP contribution in [0.1, 0.15) is 0 Å². The van der Waals surface area contributed by atoms with Crippen molar-refractivity contribution in [3.63, 3.8) is 0 Å². The van der Waals surface area contributed by atoms with Gasteiger partial charge in [0, 0.05) is 0 Å². The molecule has 1 aliphatic rings. The fourth-order valence-corrected chi connectivity index (χ4v) is 2.49. The van der Waals surface area contributed by atoms with E-state index in [2.05, 4.69) is 4.98 Å². The Morgan fingerprint density at radius 2 is 2.11 bits per heavy atom. The van der Waals surface area contributed by atoms with Crippen molar-refractivity contribution in [2.24, 2.45) is 0 Å². The standard InChI is InChI=1S/C12H13Cl2N3O2/c13-8-3-10-11(4-9(8)14)17(12(15)16-10)5-7-6-18-1-2-19-7/h3-4,7H,1-2,5-6H2,(H2,15,16). The summed E-state index contributed by atoms with van der Waals surface area (Å²) < 4.78 is 12.9. The molecule has 1 saturated heterocycles. The maximum Gasteiger partial charge on any atom is 0.201 e. The van der Waals surface area contributed by atoms with E-state index in [4.69, 9.17) is 38.4 Å². The molecule has 19 heavy (non-hydrogen) atoms. The Morgan fingerprint density at radius 3 is 2.84 bits per heavy atom. The lowest BCUT2D eigenvalue weighted by molar-refractivity contribution is -0.0930. The molecule has 3 rings (SSSR count). The van der Waals surface area contributed by atoms with E-state index in [-0.39, 0.29) is 6.10 Å². The van der Waals surface area contributed by atoms with Crippen LogP contribution in [0.5, 0.6) is 0 Å². The highest BCUT2D eigenvalue weighted by Gasteiger charge is 2.18. The summed E-state index contributed by atoms with van der Waals surface area (Å²) in [7, 11) is 0. The van der Waals surface area contributed by atoms with Crippen LogP contribution >= 0.6 is 23.2 Å². The second-order valence-electron chi connectivity index (χ2n) is 4.40. The van der Waals surface area contributed by atoms with E-state index >= 15 is 0 Å². The van der Waals surface area contributed by atoms with E-state index in [1.807, 2.05) is 4.57 Å². The van der Waals surface area contributed by atoms with E-state index in [9.17, 15) is 0 Å². The Kier molecular flexibility index (Phi) is 3.54. The first-order chi connectivity index (χ1) is 9.15. The molecule has 0 saturated carbocycles. The average molecular weight is 302 g/mol. The lowest BCUT2D eigenvalue weighted by Gasteiger charge is -2.23. The van der Waals surface area contributed by atoms with Gasteiger partial charge in [0.1, 0.15) is 0 Å². The van der Waals surface area contributed by atoms with Crippen LogP contribution in [-0.2, 0) is 16.0 Å². The fourth-order valence-electron chi connectivity index (χ4n) is 2.18. The van der Waals surface area contributed by atoms with Crippen molar-refractivity contribution < 1.29 is 9.47 Å². The van der Waals surface area contributed by atoms with E-state index in [0.29, 0.717) is 42.4 Å². The highest BCUT2D eigenvalue weighted by Crippen LogP contribution is 2.29. The van der Waals surface area contributed by atoms with Gasteiger partial charge in [0.05, 0.1) is 53.5 Å². The molecule has 1 atom stereocenters. The Labute approximate surface area is 120 Å². The molecule has 0 amide bonds. The lowest BCUT2D eigenvalue weighted by Crippen LogP contribution is -2.32. The van der Waals surface area contributed by atoms with Crippen LogP contribution in [0.4, 0.5) is 5.95 Å². The molecule has 5 nitrogen and oxygen atoms in total. The molecule has 2 N–H and O–H groups in total. The number of nitrogens with two attached hydrogens (primary N) is 1. The third kappa shape index (κ3) is 2.51. The second kappa shape index (κ2) is 5.17. The zero-order chi connectivity index (χ0) is 13.4. The summed E-state index contributed by atoms with van der Waals surface area (Å²) in [5.41, 5.74) is 7.51. The van der Waals surface area contributed by atoms with Gasteiger partial charge in [-0.15, -0.1) is 0 Å². The zero-order valence-corrected chi connectivity index (χ0v) is 11.6. The first-order valence-corrected chi connectivity index (χ1v) is 6.71. The molecule has 7 heteroatoms. The molecule has 0 radical (unpaired) electrons. The predicted octanol–water partition coefficient (Wildman–Crippen LogP) is 2.34. The molecule has 1 aromatic heterocycles. The smallest absolute Gasteiger partial charge is 0.201 e. The van der Waals surface area contributed by atoms with Crippen LogP contribution in [-0.4, -0.2) is 35.5 Å². The summed E-state index contributed by atoms with van der Waals surface area (Å²) in [6.07, 6.45) is -0.0251. The normalized spacial score (nSPS) is 20.0. The molecule has 0 bridgehead atoms. The van der Waals surface area contributed by atoms with Crippen molar-refractivity contribution >= 4 is 40.2 Å². The number of nitrogen functional groups attached to an aromatic ring is 1. The van der Waals surface area contributed by atoms with Gasteiger partial charge in [-0.05, 0) is 12.1 Å². The fraction of sp³-hybridized carbons (Fsp3) is 0.417. The number of ether oxygens (including phenoxy) is 2. The maximum atomic E-state index is 6.04. The molecule has 102 valence electrons. The number of hydrogen-bond donors (Lipinski definition) is 1. The van der Waals surface area contributed by atoms with Crippen molar-refractivity contribution in [1.29, 1.82) is 0 Å². The summed E-state index contributed by atoms with van der Waals surface area (Å²) in [6.45, 7) is 2.38. The first-order valence-electron chi connectivity index (χ1n) is 5.95. The number of benzene rings is 1. The van der Waals surface area contributed by atoms with Crippen molar-refractivity contribution in [3.05, 3.63) is 22.2 Å². The first kappa shape index (κ1) is 13.0. The molecule has 1 aromatic carbocycles. The molecule has 1 aliphatic heterocycles. The van der Waals surface area contributed by atoms with E-state index in [1.54, 1.807) is 12.1 Å². The van der Waals surface area contributed by atoms with Crippen LogP contribution in [0.2, 0.25) is 10.0 Å². The minimum atomic E-state index is -0.0251. The Balaban J connectivity index is 1.97. The minimum absolute atomic E-state index is 0.0251. The van der Waals surface area contributed by atoms with Gasteiger partial charge in [-0.2, -0.15) is 0 Å². The maximum absolute atomic E-state index is 6.04. The van der Waals surface area contributed by atoms with E-state index in [1.165, 1.54) is 0 Å². The highest BCUT2D eigenvalue weighted by molar-refractivity contribution is 6.42. The van der Waals surface area contributed by atoms with E-state index < -0.39 is 0 Å². The molecule has 2 heterocycles. The number of rotatable bonds is 2. The van der Waals surface area contributed by atoms with E-state index in [0.717, 1.165) is 11.0 Å². The monoisotopic (exact) mass is 301 g/mol. The average Bonchev–Trinajstić information content (AvgIpc) is 2.68. The van der Waals surface area contributed by atoms with Gasteiger partial charge >= 0.3 is 0 Å². The van der Waals surface area contributed by atoms with Gasteiger partial charge in [0.2, 0.25) is 5.95 Å².